The standard InChI is InChI=1S/C39H28BrCl2F3N4O6/c1-55-23-10-11-25(30(50)15-23)32-24-12-13-26-31(36(53)48(34(26)51)22-8-4-20(40)5-9-22)27(24)16-28-35(52)49(37(54)38(28,32)18-2-6-21(41)7-3-18)47-33-29(42)14-19(17-46-33)39(43,44)45/h2-12,14-15,17,26-28,31-32,50H,13,16H2,1H3,(H,46,47). The highest BCUT2D eigenvalue weighted by atomic mass is 79.9. The number of alkyl halides is 3. The van der Waals surface area contributed by atoms with E-state index < -0.39 is 75.4 Å². The van der Waals surface area contributed by atoms with Gasteiger partial charge in [-0.3, -0.25) is 29.5 Å². The van der Waals surface area contributed by atoms with Crippen molar-refractivity contribution in [1.29, 1.82) is 0 Å². The van der Waals surface area contributed by atoms with E-state index in [-0.39, 0.29) is 30.0 Å². The number of amides is 4. The van der Waals surface area contributed by atoms with Gasteiger partial charge in [0.2, 0.25) is 11.8 Å². The highest BCUT2D eigenvalue weighted by molar-refractivity contribution is 9.10. The molecule has 282 valence electrons. The number of methoxy groups -OCH3 is 1. The molecule has 8 rings (SSSR count). The quantitative estimate of drug-likeness (QED) is 0.147. The highest BCUT2D eigenvalue weighted by Gasteiger charge is 2.70. The minimum atomic E-state index is -4.76. The number of anilines is 2. The molecule has 1 aromatic heterocycles. The Morgan fingerprint density at radius 1 is 0.945 bits per heavy atom. The number of halogens is 6. The Bertz CT molecular complexity index is 2330. The van der Waals surface area contributed by atoms with Crippen molar-refractivity contribution in [3.05, 3.63) is 122 Å². The number of aromatic hydroxyl groups is 1. The SMILES string of the molecule is COc1ccc(C2C3=CCC4C(=O)N(c5ccc(Br)cc5)C(=O)C4C3CC3C(=O)N(Nc4ncc(C(F)(F)F)cc4Cl)C(=O)C32c2ccc(Cl)cc2)c(O)c1. The van der Waals surface area contributed by atoms with Gasteiger partial charge in [-0.05, 0) is 72.9 Å². The molecule has 10 nitrogen and oxygen atoms in total. The molecular formula is C39H28BrCl2F3N4O6. The largest absolute Gasteiger partial charge is 0.508 e. The molecule has 2 N–H and O–H groups in total. The van der Waals surface area contributed by atoms with Crippen LogP contribution < -0.4 is 15.1 Å². The van der Waals surface area contributed by atoms with Gasteiger partial charge >= 0.3 is 6.18 Å². The van der Waals surface area contributed by atoms with Crippen molar-refractivity contribution < 1.29 is 42.2 Å². The van der Waals surface area contributed by atoms with E-state index in [0.717, 1.165) is 9.37 Å². The molecule has 4 aromatic rings. The highest BCUT2D eigenvalue weighted by Crippen LogP contribution is 2.65. The molecule has 2 aliphatic heterocycles. The van der Waals surface area contributed by atoms with Crippen LogP contribution in [0.1, 0.15) is 35.4 Å². The number of benzene rings is 3. The van der Waals surface area contributed by atoms with Crippen molar-refractivity contribution in [3.63, 3.8) is 0 Å². The number of hydrogen-bond donors (Lipinski definition) is 2. The lowest BCUT2D eigenvalue weighted by Gasteiger charge is -2.50. The van der Waals surface area contributed by atoms with Crippen molar-refractivity contribution in [1.82, 2.24) is 9.99 Å². The molecule has 4 amide bonds. The number of allylic oxidation sites excluding steroid dienone is 2. The van der Waals surface area contributed by atoms with Gasteiger partial charge in [-0.15, -0.1) is 0 Å². The third-order valence-corrected chi connectivity index (χ3v) is 12.3. The average Bonchev–Trinajstić information content (AvgIpc) is 3.53. The summed E-state index contributed by atoms with van der Waals surface area (Å²) in [6, 6.07) is 18.2. The van der Waals surface area contributed by atoms with Crippen LogP contribution in [-0.2, 0) is 30.8 Å². The third kappa shape index (κ3) is 5.71. The van der Waals surface area contributed by atoms with Crippen molar-refractivity contribution in [3.8, 4) is 11.5 Å². The lowest BCUT2D eigenvalue weighted by Crippen LogP contribution is -2.53. The van der Waals surface area contributed by atoms with Gasteiger partial charge in [0, 0.05) is 33.2 Å². The Balaban J connectivity index is 1.32. The number of aromatic nitrogens is 1. The maximum absolute atomic E-state index is 15.3. The first-order chi connectivity index (χ1) is 26.2. The Morgan fingerprint density at radius 3 is 2.29 bits per heavy atom. The molecule has 0 spiro atoms. The Labute approximate surface area is 330 Å². The van der Waals surface area contributed by atoms with Gasteiger partial charge in [-0.1, -0.05) is 69.0 Å². The number of carbonyl (C=O) groups excluding carboxylic acids is 4. The smallest absolute Gasteiger partial charge is 0.417 e. The summed E-state index contributed by atoms with van der Waals surface area (Å²) in [6.45, 7) is 0. The predicted octanol–water partition coefficient (Wildman–Crippen LogP) is 8.07. The normalized spacial score (nSPS) is 26.1. The molecule has 4 aliphatic rings. The maximum atomic E-state index is 15.3. The van der Waals surface area contributed by atoms with Crippen LogP contribution in [0.4, 0.5) is 24.7 Å². The lowest BCUT2D eigenvalue weighted by molar-refractivity contribution is -0.139. The fourth-order valence-electron chi connectivity index (χ4n) is 8.87. The number of imide groups is 2. The van der Waals surface area contributed by atoms with E-state index in [4.69, 9.17) is 27.9 Å². The number of fused-ring (bicyclic) bond motifs is 4. The van der Waals surface area contributed by atoms with Crippen LogP contribution in [-0.4, -0.2) is 45.8 Å². The number of nitrogens with one attached hydrogen (secondary N) is 1. The molecule has 3 fully saturated rings. The van der Waals surface area contributed by atoms with Gasteiger partial charge in [-0.2, -0.15) is 18.2 Å². The summed E-state index contributed by atoms with van der Waals surface area (Å²) in [6.07, 6.45) is -2.35. The monoisotopic (exact) mass is 854 g/mol. The first-order valence-corrected chi connectivity index (χ1v) is 18.6. The summed E-state index contributed by atoms with van der Waals surface area (Å²) in [4.78, 5) is 63.5. The van der Waals surface area contributed by atoms with Crippen molar-refractivity contribution in [2.24, 2.45) is 23.7 Å². The number of ether oxygens (including phenoxy) is 1. The summed E-state index contributed by atoms with van der Waals surface area (Å²) in [5.74, 6) is -7.56. The van der Waals surface area contributed by atoms with Crippen molar-refractivity contribution in [2.45, 2.75) is 30.4 Å². The number of pyridine rings is 1. The molecule has 55 heavy (non-hydrogen) atoms. The number of phenols is 1. The van der Waals surface area contributed by atoms with E-state index in [1.807, 2.05) is 6.08 Å². The molecule has 3 heterocycles. The van der Waals surface area contributed by atoms with E-state index in [1.54, 1.807) is 60.7 Å². The number of nitrogens with zero attached hydrogens (tertiary/aromatic N) is 3. The van der Waals surface area contributed by atoms with Crippen LogP contribution in [0.5, 0.6) is 11.5 Å². The first kappa shape index (κ1) is 37.0. The molecule has 1 saturated carbocycles. The lowest BCUT2D eigenvalue weighted by atomic mass is 9.49. The van der Waals surface area contributed by atoms with Crippen LogP contribution in [0.3, 0.4) is 0 Å². The average molecular weight is 856 g/mol. The van der Waals surface area contributed by atoms with Crippen LogP contribution in [0.15, 0.2) is 95.1 Å². The van der Waals surface area contributed by atoms with E-state index >= 15 is 4.79 Å². The number of carbonyl (C=O) groups is 4. The van der Waals surface area contributed by atoms with E-state index in [2.05, 4.69) is 26.3 Å². The minimum absolute atomic E-state index is 0.0762. The summed E-state index contributed by atoms with van der Waals surface area (Å²) in [5.41, 5.74) is 1.19. The number of rotatable bonds is 6. The van der Waals surface area contributed by atoms with E-state index in [9.17, 15) is 32.7 Å². The van der Waals surface area contributed by atoms with Gasteiger partial charge in [-0.25, -0.2) is 4.98 Å². The Kier molecular flexibility index (Phi) is 9.01. The zero-order valence-corrected chi connectivity index (χ0v) is 31.6. The third-order valence-electron chi connectivity index (χ3n) is 11.2. The van der Waals surface area contributed by atoms with E-state index in [1.165, 1.54) is 13.2 Å². The number of phenolic OH excluding ortho intramolecular Hbond substituents is 1. The van der Waals surface area contributed by atoms with Crippen LogP contribution in [0.2, 0.25) is 10.0 Å². The number of hydrazine groups is 1. The topological polar surface area (TPSA) is 129 Å². The molecule has 6 atom stereocenters. The molecular weight excluding hydrogens is 828 g/mol. The zero-order chi connectivity index (χ0) is 39.1. The molecule has 2 aliphatic carbocycles. The van der Waals surface area contributed by atoms with Gasteiger partial charge in [0.15, 0.2) is 5.82 Å². The summed E-state index contributed by atoms with van der Waals surface area (Å²) in [5, 5.41) is 12.2. The van der Waals surface area contributed by atoms with Gasteiger partial charge in [0.25, 0.3) is 11.8 Å². The van der Waals surface area contributed by atoms with Crippen molar-refractivity contribution in [2.75, 3.05) is 17.4 Å². The molecule has 0 bridgehead atoms. The minimum Gasteiger partial charge on any atom is -0.508 e. The van der Waals surface area contributed by atoms with Crippen LogP contribution in [0.25, 0.3) is 0 Å². The molecule has 0 radical (unpaired) electrons. The fraction of sp³-hybridized carbons (Fsp3) is 0.256. The summed E-state index contributed by atoms with van der Waals surface area (Å²) >= 11 is 16.0. The maximum Gasteiger partial charge on any atom is 0.417 e. The second kappa shape index (κ2) is 13.4. The van der Waals surface area contributed by atoms with Crippen LogP contribution in [0, 0.1) is 23.7 Å². The van der Waals surface area contributed by atoms with Gasteiger partial charge < -0.3 is 9.84 Å². The Morgan fingerprint density at radius 2 is 1.65 bits per heavy atom. The zero-order valence-electron chi connectivity index (χ0n) is 28.5. The summed E-state index contributed by atoms with van der Waals surface area (Å²) in [7, 11) is 1.42. The summed E-state index contributed by atoms with van der Waals surface area (Å²) < 4.78 is 46.5. The fourth-order valence-corrected chi connectivity index (χ4v) is 9.47. The molecule has 16 heteroatoms. The molecule has 2 saturated heterocycles. The second-order valence-electron chi connectivity index (χ2n) is 13.8. The molecule has 3 aromatic carbocycles. The Hall–Kier alpha value is -4.92. The second-order valence-corrected chi connectivity index (χ2v) is 15.6. The predicted molar refractivity (Wildman–Crippen MR) is 198 cm³/mol. The van der Waals surface area contributed by atoms with E-state index in [0.29, 0.717) is 44.9 Å². The van der Waals surface area contributed by atoms with Crippen molar-refractivity contribution >= 4 is 74.3 Å². The van der Waals surface area contributed by atoms with Gasteiger partial charge in [0.05, 0.1) is 46.6 Å². The van der Waals surface area contributed by atoms with Gasteiger partial charge in [0.1, 0.15) is 11.5 Å². The number of hydrogen-bond acceptors (Lipinski definition) is 8. The molecule has 6 unspecified atom stereocenters. The van der Waals surface area contributed by atoms with Crippen LogP contribution >= 0.6 is 39.1 Å². The first-order valence-electron chi connectivity index (χ1n) is 17.0.